The summed E-state index contributed by atoms with van der Waals surface area (Å²) in [6.07, 6.45) is -1.07. The van der Waals surface area contributed by atoms with Crippen LogP contribution in [0, 0.1) is 6.92 Å². The third kappa shape index (κ3) is 5.32. The molecule has 0 aromatic carbocycles. The van der Waals surface area contributed by atoms with Crippen LogP contribution in [0.15, 0.2) is 58.5 Å². The lowest BCUT2D eigenvalue weighted by molar-refractivity contribution is -0.143. The Labute approximate surface area is 154 Å². The Balaban J connectivity index is 1.98. The Morgan fingerprint density at radius 2 is 2.15 bits per heavy atom. The van der Waals surface area contributed by atoms with Crippen LogP contribution < -0.4 is 5.32 Å². The number of thioether (sulfide) groups is 1. The van der Waals surface area contributed by atoms with E-state index in [0.717, 1.165) is 27.2 Å². The summed E-state index contributed by atoms with van der Waals surface area (Å²) in [7, 11) is 1.28. The zero-order valence-corrected chi connectivity index (χ0v) is 15.4. The van der Waals surface area contributed by atoms with E-state index in [0.29, 0.717) is 17.9 Å². The van der Waals surface area contributed by atoms with Gasteiger partial charge in [-0.2, -0.15) is 18.3 Å². The Morgan fingerprint density at radius 3 is 2.69 bits per heavy atom. The van der Waals surface area contributed by atoms with Crippen LogP contribution in [0.25, 0.3) is 0 Å². The van der Waals surface area contributed by atoms with Crippen LogP contribution in [-0.2, 0) is 25.5 Å². The SMILES string of the molecule is C=C/C=C(\SCc1cc(C(F)(F)F)n(C)n1)C(=C)NCc1ccc(C)o1. The van der Waals surface area contributed by atoms with Crippen molar-refractivity contribution in [1.29, 1.82) is 0 Å². The number of alkyl halides is 3. The number of hydrogen-bond donors (Lipinski definition) is 1. The second-order valence-electron chi connectivity index (χ2n) is 5.54. The number of allylic oxidation sites excluding steroid dienone is 2. The van der Waals surface area contributed by atoms with Crippen molar-refractivity contribution in [3.05, 3.63) is 77.0 Å². The minimum atomic E-state index is -4.42. The highest BCUT2D eigenvalue weighted by atomic mass is 32.2. The average molecular weight is 383 g/mol. The lowest BCUT2D eigenvalue weighted by Crippen LogP contribution is -2.12. The Hall–Kier alpha value is -2.35. The van der Waals surface area contributed by atoms with Gasteiger partial charge in [-0.25, -0.2) is 0 Å². The Morgan fingerprint density at radius 1 is 1.42 bits per heavy atom. The fraction of sp³-hybridized carbons (Fsp3) is 0.278. The van der Waals surface area contributed by atoms with Gasteiger partial charge in [-0.05, 0) is 31.2 Å². The van der Waals surface area contributed by atoms with Crippen molar-refractivity contribution in [2.75, 3.05) is 0 Å². The van der Waals surface area contributed by atoms with Crippen LogP contribution in [0.1, 0.15) is 22.9 Å². The number of hydrogen-bond acceptors (Lipinski definition) is 4. The van der Waals surface area contributed by atoms with E-state index < -0.39 is 11.9 Å². The molecule has 2 rings (SSSR count). The number of furan rings is 1. The van der Waals surface area contributed by atoms with Gasteiger partial charge in [0, 0.05) is 23.4 Å². The molecule has 0 spiro atoms. The summed E-state index contributed by atoms with van der Waals surface area (Å²) in [6, 6.07) is 4.79. The van der Waals surface area contributed by atoms with E-state index in [1.807, 2.05) is 19.1 Å². The van der Waals surface area contributed by atoms with Gasteiger partial charge < -0.3 is 9.73 Å². The number of nitrogens with zero attached hydrogens (tertiary/aromatic N) is 2. The largest absolute Gasteiger partial charge is 0.465 e. The van der Waals surface area contributed by atoms with Crippen LogP contribution >= 0.6 is 11.8 Å². The predicted octanol–water partition coefficient (Wildman–Crippen LogP) is 4.95. The summed E-state index contributed by atoms with van der Waals surface area (Å²) in [5.74, 6) is 1.87. The van der Waals surface area contributed by atoms with E-state index in [4.69, 9.17) is 4.42 Å². The Kier molecular flexibility index (Phi) is 6.42. The molecule has 0 aliphatic carbocycles. The lowest BCUT2D eigenvalue weighted by Gasteiger charge is -2.11. The standard InChI is InChI=1S/C18H20F3N3OS/c1-5-6-16(13(3)22-10-15-8-7-12(2)25-15)26-11-14-9-17(18(19,20)21)24(4)23-14/h5-9,22H,1,3,10-11H2,2,4H3/b16-6-. The molecule has 26 heavy (non-hydrogen) atoms. The monoisotopic (exact) mass is 383 g/mol. The van der Waals surface area contributed by atoms with Crippen molar-refractivity contribution in [1.82, 2.24) is 15.1 Å². The Bertz CT molecular complexity index is 818. The van der Waals surface area contributed by atoms with Gasteiger partial charge in [-0.1, -0.05) is 19.2 Å². The molecule has 0 bridgehead atoms. The van der Waals surface area contributed by atoms with E-state index in [1.165, 1.54) is 18.8 Å². The molecule has 2 heterocycles. The highest BCUT2D eigenvalue weighted by Crippen LogP contribution is 2.31. The molecular weight excluding hydrogens is 363 g/mol. The maximum Gasteiger partial charge on any atom is 0.433 e. The summed E-state index contributed by atoms with van der Waals surface area (Å²) >= 11 is 1.33. The topological polar surface area (TPSA) is 43.0 Å². The maximum atomic E-state index is 12.8. The summed E-state index contributed by atoms with van der Waals surface area (Å²) in [5, 5.41) is 7.07. The number of aryl methyl sites for hydroxylation is 2. The van der Waals surface area contributed by atoms with Gasteiger partial charge in [0.2, 0.25) is 0 Å². The quantitative estimate of drug-likeness (QED) is 0.655. The van der Waals surface area contributed by atoms with Gasteiger partial charge in [0.05, 0.1) is 12.2 Å². The molecule has 1 N–H and O–H groups in total. The van der Waals surface area contributed by atoms with Crippen molar-refractivity contribution in [3.8, 4) is 0 Å². The zero-order valence-electron chi connectivity index (χ0n) is 14.6. The molecule has 0 aliphatic heterocycles. The van der Waals surface area contributed by atoms with Gasteiger partial charge in [-0.3, -0.25) is 4.68 Å². The molecular formula is C18H20F3N3OS. The second kappa shape index (κ2) is 8.35. The van der Waals surface area contributed by atoms with Gasteiger partial charge >= 0.3 is 6.18 Å². The first-order valence-corrected chi connectivity index (χ1v) is 8.73. The van der Waals surface area contributed by atoms with Crippen molar-refractivity contribution < 1.29 is 17.6 Å². The van der Waals surface area contributed by atoms with Gasteiger partial charge in [0.15, 0.2) is 0 Å². The second-order valence-corrected chi connectivity index (χ2v) is 6.56. The first-order chi connectivity index (χ1) is 12.2. The van der Waals surface area contributed by atoms with Crippen molar-refractivity contribution >= 4 is 11.8 Å². The smallest absolute Gasteiger partial charge is 0.433 e. The van der Waals surface area contributed by atoms with Gasteiger partial charge in [0.1, 0.15) is 17.2 Å². The number of rotatable bonds is 8. The van der Waals surface area contributed by atoms with E-state index in [9.17, 15) is 13.2 Å². The van der Waals surface area contributed by atoms with Crippen molar-refractivity contribution in [2.24, 2.45) is 7.05 Å². The summed E-state index contributed by atoms with van der Waals surface area (Å²) < 4.78 is 44.9. The number of aromatic nitrogens is 2. The van der Waals surface area contributed by atoms with Crippen LogP contribution in [0.5, 0.6) is 0 Å². The number of nitrogens with one attached hydrogen (secondary N) is 1. The summed E-state index contributed by atoms with van der Waals surface area (Å²) in [4.78, 5) is 0.766. The fourth-order valence-electron chi connectivity index (χ4n) is 2.22. The molecule has 4 nitrogen and oxygen atoms in total. The minimum absolute atomic E-state index is 0.282. The minimum Gasteiger partial charge on any atom is -0.465 e. The van der Waals surface area contributed by atoms with E-state index >= 15 is 0 Å². The summed E-state index contributed by atoms with van der Waals surface area (Å²) in [5.41, 5.74) is 0.206. The number of halogens is 3. The molecule has 2 aromatic rings. The van der Waals surface area contributed by atoms with Crippen LogP contribution in [-0.4, -0.2) is 9.78 Å². The summed E-state index contributed by atoms with van der Waals surface area (Å²) in [6.45, 7) is 9.96. The molecule has 0 amide bonds. The average Bonchev–Trinajstić information content (AvgIpc) is 3.14. The highest BCUT2D eigenvalue weighted by Gasteiger charge is 2.34. The lowest BCUT2D eigenvalue weighted by atomic mass is 10.3. The molecule has 140 valence electrons. The van der Waals surface area contributed by atoms with Crippen LogP contribution in [0.2, 0.25) is 0 Å². The van der Waals surface area contributed by atoms with Crippen LogP contribution in [0.4, 0.5) is 13.2 Å². The van der Waals surface area contributed by atoms with Crippen molar-refractivity contribution in [2.45, 2.75) is 25.4 Å². The molecule has 8 heteroatoms. The molecule has 0 saturated carbocycles. The van der Waals surface area contributed by atoms with E-state index in [1.54, 1.807) is 12.2 Å². The first-order valence-electron chi connectivity index (χ1n) is 7.74. The van der Waals surface area contributed by atoms with Crippen LogP contribution in [0.3, 0.4) is 0 Å². The molecule has 0 radical (unpaired) electrons. The molecule has 0 fully saturated rings. The van der Waals surface area contributed by atoms with E-state index in [2.05, 4.69) is 23.6 Å². The third-order valence-electron chi connectivity index (χ3n) is 3.44. The molecule has 0 atom stereocenters. The fourth-order valence-corrected chi connectivity index (χ4v) is 3.10. The molecule has 0 aliphatic rings. The molecule has 2 aromatic heterocycles. The molecule has 0 unspecified atom stereocenters. The zero-order chi connectivity index (χ0) is 19.3. The molecule has 0 saturated heterocycles. The third-order valence-corrected chi connectivity index (χ3v) is 4.57. The maximum absolute atomic E-state index is 12.8. The van der Waals surface area contributed by atoms with Gasteiger partial charge in [-0.15, -0.1) is 11.8 Å². The predicted molar refractivity (Wildman–Crippen MR) is 97.2 cm³/mol. The highest BCUT2D eigenvalue weighted by molar-refractivity contribution is 8.02. The van der Waals surface area contributed by atoms with Gasteiger partial charge in [0.25, 0.3) is 0 Å². The van der Waals surface area contributed by atoms with E-state index in [-0.39, 0.29) is 5.75 Å². The van der Waals surface area contributed by atoms with Crippen molar-refractivity contribution in [3.63, 3.8) is 0 Å². The first kappa shape index (κ1) is 20.0. The normalized spacial score (nSPS) is 12.3.